The van der Waals surface area contributed by atoms with E-state index < -0.39 is 0 Å². The van der Waals surface area contributed by atoms with Crippen molar-refractivity contribution in [1.82, 2.24) is 5.32 Å². The van der Waals surface area contributed by atoms with Crippen molar-refractivity contribution < 1.29 is 9.53 Å². The fraction of sp³-hybridized carbons (Fsp3) is 0.533. The summed E-state index contributed by atoms with van der Waals surface area (Å²) in [4.78, 5) is 12.1. The number of amides is 1. The van der Waals surface area contributed by atoms with Gasteiger partial charge in [-0.1, -0.05) is 18.2 Å². The Balaban J connectivity index is 1.58. The third-order valence-corrected chi connectivity index (χ3v) is 4.07. The van der Waals surface area contributed by atoms with Crippen LogP contribution in [0.5, 0.6) is 5.75 Å². The number of para-hydroxylation sites is 1. The number of hydrogen-bond acceptors (Lipinski definition) is 3. The van der Waals surface area contributed by atoms with Gasteiger partial charge in [-0.05, 0) is 37.3 Å². The van der Waals surface area contributed by atoms with Crippen LogP contribution in [0.15, 0.2) is 24.3 Å². The van der Waals surface area contributed by atoms with Gasteiger partial charge in [-0.15, -0.1) is 0 Å². The van der Waals surface area contributed by atoms with E-state index in [0.29, 0.717) is 6.61 Å². The highest BCUT2D eigenvalue weighted by molar-refractivity contribution is 5.79. The Morgan fingerprint density at radius 2 is 2.16 bits per heavy atom. The molecule has 1 amide bonds. The Bertz CT molecular complexity index is 475. The molecule has 4 nitrogen and oxygen atoms in total. The minimum Gasteiger partial charge on any atom is -0.491 e. The molecule has 3 rings (SSSR count). The van der Waals surface area contributed by atoms with Crippen molar-refractivity contribution in [3.63, 3.8) is 0 Å². The van der Waals surface area contributed by atoms with Gasteiger partial charge in [0.1, 0.15) is 12.4 Å². The quantitative estimate of drug-likeness (QED) is 0.840. The van der Waals surface area contributed by atoms with Gasteiger partial charge in [0.15, 0.2) is 0 Å². The lowest BCUT2D eigenvalue weighted by Crippen LogP contribution is -2.45. The molecule has 1 aromatic carbocycles. The lowest BCUT2D eigenvalue weighted by molar-refractivity contribution is -0.125. The van der Waals surface area contributed by atoms with Crippen LogP contribution >= 0.6 is 0 Å². The van der Waals surface area contributed by atoms with Crippen LogP contribution in [0.1, 0.15) is 24.8 Å². The number of hydrogen-bond donors (Lipinski definition) is 2. The summed E-state index contributed by atoms with van der Waals surface area (Å²) in [6.07, 6.45) is 3.54. The molecule has 0 aromatic heterocycles. The van der Waals surface area contributed by atoms with E-state index >= 15 is 0 Å². The average Bonchev–Trinajstić information content (AvgIpc) is 2.85. The Morgan fingerprint density at radius 1 is 1.32 bits per heavy atom. The molecule has 1 heterocycles. The summed E-state index contributed by atoms with van der Waals surface area (Å²) >= 11 is 0. The number of nitrogens with one attached hydrogen (secondary N) is 1. The molecular weight excluding hydrogens is 240 g/mol. The molecule has 3 atom stereocenters. The second-order valence-electron chi connectivity index (χ2n) is 5.60. The van der Waals surface area contributed by atoms with Crippen molar-refractivity contribution in [2.45, 2.75) is 37.8 Å². The Hall–Kier alpha value is -1.55. The lowest BCUT2D eigenvalue weighted by Gasteiger charge is -2.27. The summed E-state index contributed by atoms with van der Waals surface area (Å²) in [5, 5.41) is 3.10. The highest BCUT2D eigenvalue weighted by Gasteiger charge is 2.30. The van der Waals surface area contributed by atoms with Crippen LogP contribution in [-0.4, -0.2) is 24.6 Å². The van der Waals surface area contributed by atoms with Crippen LogP contribution in [-0.2, 0) is 11.2 Å². The zero-order chi connectivity index (χ0) is 13.2. The molecule has 4 heteroatoms. The number of ether oxygens (including phenoxy) is 1. The molecule has 1 aromatic rings. The highest BCUT2D eigenvalue weighted by atomic mass is 16.5. The smallest absolute Gasteiger partial charge is 0.223 e. The van der Waals surface area contributed by atoms with Gasteiger partial charge in [0.05, 0.1) is 6.04 Å². The first-order valence-corrected chi connectivity index (χ1v) is 6.99. The summed E-state index contributed by atoms with van der Waals surface area (Å²) in [6.45, 7) is 0.557. The molecule has 1 saturated carbocycles. The molecule has 1 aliphatic carbocycles. The zero-order valence-corrected chi connectivity index (χ0v) is 11.0. The summed E-state index contributed by atoms with van der Waals surface area (Å²) in [6, 6.07) is 8.28. The molecular formula is C15H20N2O2. The first-order valence-electron chi connectivity index (χ1n) is 6.99. The number of carbonyl (C=O) groups is 1. The predicted molar refractivity (Wildman–Crippen MR) is 72.9 cm³/mol. The standard InChI is InChI=1S/C15H20N2O2/c16-12-6-5-11(7-12)15(18)17-13-8-10-3-1-2-4-14(10)19-9-13/h1-4,11-13H,5-9,16H2,(H,17,18). The minimum atomic E-state index is 0.0826. The van der Waals surface area contributed by atoms with Crippen molar-refractivity contribution in [1.29, 1.82) is 0 Å². The number of carbonyl (C=O) groups excluding carboxylic acids is 1. The molecule has 0 bridgehead atoms. The molecule has 102 valence electrons. The first-order chi connectivity index (χ1) is 9.22. The van der Waals surface area contributed by atoms with Gasteiger partial charge in [-0.3, -0.25) is 4.79 Å². The van der Waals surface area contributed by atoms with E-state index in [1.54, 1.807) is 0 Å². The van der Waals surface area contributed by atoms with Crippen LogP contribution in [0.2, 0.25) is 0 Å². The van der Waals surface area contributed by atoms with Crippen LogP contribution in [0, 0.1) is 5.92 Å². The molecule has 0 radical (unpaired) electrons. The average molecular weight is 260 g/mol. The molecule has 3 unspecified atom stereocenters. The van der Waals surface area contributed by atoms with Crippen molar-refractivity contribution >= 4 is 5.91 Å². The first kappa shape index (κ1) is 12.5. The second kappa shape index (κ2) is 5.21. The van der Waals surface area contributed by atoms with Gasteiger partial charge in [0, 0.05) is 12.0 Å². The summed E-state index contributed by atoms with van der Waals surface area (Å²) < 4.78 is 5.68. The van der Waals surface area contributed by atoms with Crippen molar-refractivity contribution in [2.24, 2.45) is 11.7 Å². The molecule has 1 fully saturated rings. The maximum absolute atomic E-state index is 12.1. The van der Waals surface area contributed by atoms with Gasteiger partial charge in [0.2, 0.25) is 5.91 Å². The lowest BCUT2D eigenvalue weighted by atomic mass is 10.0. The van der Waals surface area contributed by atoms with E-state index in [-0.39, 0.29) is 23.9 Å². The van der Waals surface area contributed by atoms with Gasteiger partial charge >= 0.3 is 0 Å². The largest absolute Gasteiger partial charge is 0.491 e. The van der Waals surface area contributed by atoms with Crippen LogP contribution in [0.25, 0.3) is 0 Å². The van der Waals surface area contributed by atoms with Crippen LogP contribution in [0.4, 0.5) is 0 Å². The van der Waals surface area contributed by atoms with Crippen molar-refractivity contribution in [3.05, 3.63) is 29.8 Å². The number of fused-ring (bicyclic) bond motifs is 1. The van der Waals surface area contributed by atoms with Gasteiger partial charge in [0.25, 0.3) is 0 Å². The predicted octanol–water partition coefficient (Wildman–Crippen LogP) is 1.23. The van der Waals surface area contributed by atoms with Crippen LogP contribution in [0.3, 0.4) is 0 Å². The van der Waals surface area contributed by atoms with E-state index in [1.807, 2.05) is 18.2 Å². The number of benzene rings is 1. The fourth-order valence-corrected chi connectivity index (χ4v) is 2.99. The minimum absolute atomic E-state index is 0.0826. The summed E-state index contributed by atoms with van der Waals surface area (Å²) in [5.41, 5.74) is 7.02. The monoisotopic (exact) mass is 260 g/mol. The maximum Gasteiger partial charge on any atom is 0.223 e. The molecule has 0 spiro atoms. The SMILES string of the molecule is NC1CCC(C(=O)NC2COc3ccccc3C2)C1. The Morgan fingerprint density at radius 3 is 2.95 bits per heavy atom. The molecule has 0 saturated heterocycles. The summed E-state index contributed by atoms with van der Waals surface area (Å²) in [5.74, 6) is 1.17. The number of nitrogens with two attached hydrogens (primary N) is 1. The third-order valence-electron chi connectivity index (χ3n) is 4.07. The molecule has 19 heavy (non-hydrogen) atoms. The second-order valence-corrected chi connectivity index (χ2v) is 5.60. The number of rotatable bonds is 2. The van der Waals surface area contributed by atoms with Crippen molar-refractivity contribution in [3.8, 4) is 5.75 Å². The fourth-order valence-electron chi connectivity index (χ4n) is 2.99. The topological polar surface area (TPSA) is 64.4 Å². The Kier molecular flexibility index (Phi) is 3.42. The molecule has 1 aliphatic heterocycles. The van der Waals surface area contributed by atoms with Crippen molar-refractivity contribution in [2.75, 3.05) is 6.61 Å². The molecule has 3 N–H and O–H groups in total. The maximum atomic E-state index is 12.1. The van der Waals surface area contributed by atoms with E-state index in [4.69, 9.17) is 10.5 Å². The van der Waals surface area contributed by atoms with E-state index in [9.17, 15) is 4.79 Å². The van der Waals surface area contributed by atoms with E-state index in [1.165, 1.54) is 5.56 Å². The zero-order valence-electron chi connectivity index (χ0n) is 11.0. The normalized spacial score (nSPS) is 29.4. The summed E-state index contributed by atoms with van der Waals surface area (Å²) in [7, 11) is 0. The Labute approximate surface area is 113 Å². The molecule has 2 aliphatic rings. The van der Waals surface area contributed by atoms with Gasteiger partial charge in [-0.25, -0.2) is 0 Å². The van der Waals surface area contributed by atoms with Gasteiger partial charge in [-0.2, -0.15) is 0 Å². The van der Waals surface area contributed by atoms with E-state index in [2.05, 4.69) is 11.4 Å². The van der Waals surface area contributed by atoms with E-state index in [0.717, 1.165) is 31.4 Å². The van der Waals surface area contributed by atoms with Gasteiger partial charge < -0.3 is 15.8 Å². The third kappa shape index (κ3) is 2.73. The highest BCUT2D eigenvalue weighted by Crippen LogP contribution is 2.26. The van der Waals surface area contributed by atoms with Crippen LogP contribution < -0.4 is 15.8 Å².